The van der Waals surface area contributed by atoms with E-state index < -0.39 is 31.6 Å². The fourth-order valence-corrected chi connectivity index (χ4v) is 6.16. The number of anilines is 2. The molecule has 0 fully saturated rings. The molecule has 38 heavy (non-hydrogen) atoms. The summed E-state index contributed by atoms with van der Waals surface area (Å²) in [5.41, 5.74) is -0.236. The van der Waals surface area contributed by atoms with Crippen molar-refractivity contribution < 1.29 is 36.6 Å². The van der Waals surface area contributed by atoms with Crippen LogP contribution in [0.15, 0.2) is 94.7 Å². The summed E-state index contributed by atoms with van der Waals surface area (Å²) in [6.45, 7) is 0. The number of sulfonamides is 2. The molecular formula is C26H18N2O8S2. The number of carbonyl (C=O) groups excluding carboxylic acids is 2. The van der Waals surface area contributed by atoms with Crippen LogP contribution in [0.1, 0.15) is 31.8 Å². The first-order valence-electron chi connectivity index (χ1n) is 11.0. The van der Waals surface area contributed by atoms with Crippen LogP contribution in [-0.4, -0.2) is 38.6 Å². The van der Waals surface area contributed by atoms with Crippen molar-refractivity contribution in [1.29, 1.82) is 0 Å². The topological polar surface area (TPSA) is 167 Å². The van der Waals surface area contributed by atoms with Crippen LogP contribution in [0, 0.1) is 0 Å². The maximum absolute atomic E-state index is 13.2. The molecule has 192 valence electrons. The lowest BCUT2D eigenvalue weighted by Crippen LogP contribution is -2.23. The van der Waals surface area contributed by atoms with E-state index in [1.807, 2.05) is 0 Å². The number of hydrogen-bond acceptors (Lipinski definition) is 8. The van der Waals surface area contributed by atoms with Crippen molar-refractivity contribution in [2.45, 2.75) is 9.79 Å². The Hall–Kier alpha value is -4.68. The van der Waals surface area contributed by atoms with Gasteiger partial charge in [-0.25, -0.2) is 16.8 Å². The van der Waals surface area contributed by atoms with Crippen molar-refractivity contribution in [3.8, 4) is 11.5 Å². The summed E-state index contributed by atoms with van der Waals surface area (Å²) in [4.78, 5) is 25.9. The molecule has 0 spiro atoms. The minimum Gasteiger partial charge on any atom is -0.508 e. The van der Waals surface area contributed by atoms with Crippen molar-refractivity contribution in [3.05, 3.63) is 107 Å². The Balaban J connectivity index is 1.48. The molecule has 1 aliphatic rings. The summed E-state index contributed by atoms with van der Waals surface area (Å²) in [5.74, 6) is -1.58. The number of rotatable bonds is 6. The molecule has 0 bridgehead atoms. The monoisotopic (exact) mass is 550 g/mol. The van der Waals surface area contributed by atoms with Crippen LogP contribution < -0.4 is 9.44 Å². The third kappa shape index (κ3) is 4.58. The van der Waals surface area contributed by atoms with E-state index in [0.717, 1.165) is 24.3 Å². The van der Waals surface area contributed by atoms with Gasteiger partial charge in [0.25, 0.3) is 20.0 Å². The average molecular weight is 551 g/mol. The third-order valence-corrected chi connectivity index (χ3v) is 8.54. The van der Waals surface area contributed by atoms with E-state index in [4.69, 9.17) is 0 Å². The Kier molecular flexibility index (Phi) is 5.93. The second kappa shape index (κ2) is 9.01. The quantitative estimate of drug-likeness (QED) is 0.249. The van der Waals surface area contributed by atoms with Crippen molar-refractivity contribution in [2.24, 2.45) is 0 Å². The summed E-state index contributed by atoms with van der Waals surface area (Å²) in [6.07, 6.45) is 0. The van der Waals surface area contributed by atoms with E-state index >= 15 is 0 Å². The van der Waals surface area contributed by atoms with Gasteiger partial charge in [0.05, 0.1) is 21.2 Å². The normalized spacial score (nSPS) is 12.9. The maximum Gasteiger partial charge on any atom is 0.261 e. The average Bonchev–Trinajstić information content (AvgIpc) is 2.86. The highest BCUT2D eigenvalue weighted by molar-refractivity contribution is 7.93. The highest BCUT2D eigenvalue weighted by atomic mass is 32.2. The maximum atomic E-state index is 13.2. The molecule has 4 aromatic rings. The Morgan fingerprint density at radius 1 is 0.500 bits per heavy atom. The highest BCUT2D eigenvalue weighted by Crippen LogP contribution is 2.32. The predicted octanol–water partition coefficient (Wildman–Crippen LogP) is 3.47. The van der Waals surface area contributed by atoms with Gasteiger partial charge in [0.15, 0.2) is 11.6 Å². The summed E-state index contributed by atoms with van der Waals surface area (Å²) in [5, 5.41) is 19.2. The van der Waals surface area contributed by atoms with Gasteiger partial charge < -0.3 is 10.2 Å². The van der Waals surface area contributed by atoms with Crippen LogP contribution in [0.5, 0.6) is 11.5 Å². The van der Waals surface area contributed by atoms with Gasteiger partial charge >= 0.3 is 0 Å². The molecule has 4 aromatic carbocycles. The number of phenolic OH excluding ortho intramolecular Hbond substituents is 2. The highest BCUT2D eigenvalue weighted by Gasteiger charge is 2.32. The van der Waals surface area contributed by atoms with Crippen LogP contribution in [0.2, 0.25) is 0 Å². The second-order valence-electron chi connectivity index (χ2n) is 8.38. The molecule has 4 N–H and O–H groups in total. The van der Waals surface area contributed by atoms with Crippen LogP contribution in [0.3, 0.4) is 0 Å². The Bertz CT molecular complexity index is 1730. The van der Waals surface area contributed by atoms with Crippen molar-refractivity contribution in [2.75, 3.05) is 9.44 Å². The van der Waals surface area contributed by atoms with Crippen LogP contribution in [-0.2, 0) is 20.0 Å². The SMILES string of the molecule is O=C1c2ccc(S(=O)(=O)Nc3cccc(O)c3)cc2C(=O)c2ccc(S(=O)(=O)Nc3cccc(O)c3)cc21. The molecule has 10 nitrogen and oxygen atoms in total. The van der Waals surface area contributed by atoms with Gasteiger partial charge in [-0.1, -0.05) is 12.1 Å². The number of ketones is 2. The van der Waals surface area contributed by atoms with Gasteiger partial charge in [0.2, 0.25) is 0 Å². The van der Waals surface area contributed by atoms with Gasteiger partial charge in [-0.2, -0.15) is 0 Å². The molecule has 0 saturated carbocycles. The molecule has 0 aliphatic heterocycles. The molecule has 0 radical (unpaired) electrons. The molecule has 0 atom stereocenters. The molecule has 0 saturated heterocycles. The lowest BCUT2D eigenvalue weighted by atomic mass is 9.84. The van der Waals surface area contributed by atoms with E-state index in [-0.39, 0.29) is 54.9 Å². The van der Waals surface area contributed by atoms with Crippen LogP contribution in [0.4, 0.5) is 11.4 Å². The first-order chi connectivity index (χ1) is 17.9. The number of aromatic hydroxyl groups is 2. The predicted molar refractivity (Wildman–Crippen MR) is 138 cm³/mol. The Morgan fingerprint density at radius 3 is 1.26 bits per heavy atom. The van der Waals surface area contributed by atoms with E-state index in [9.17, 15) is 36.6 Å². The standard InChI is InChI=1S/C26H18N2O8S2/c29-17-5-1-3-15(11-17)27-37(33,34)19-7-9-21-23(13-19)25(31)22-10-8-20(14-24(22)26(21)32)38(35,36)28-16-4-2-6-18(30)12-16/h1-14,27-30H. The summed E-state index contributed by atoms with van der Waals surface area (Å²) < 4.78 is 56.1. The number of benzene rings is 4. The lowest BCUT2D eigenvalue weighted by molar-refractivity contribution is 0.0978. The van der Waals surface area contributed by atoms with E-state index in [1.54, 1.807) is 0 Å². The molecular weight excluding hydrogens is 532 g/mol. The van der Waals surface area contributed by atoms with Gasteiger partial charge in [-0.3, -0.25) is 19.0 Å². The van der Waals surface area contributed by atoms with Crippen LogP contribution in [0.25, 0.3) is 0 Å². The van der Waals surface area contributed by atoms with Gasteiger partial charge in [-0.15, -0.1) is 0 Å². The minimum atomic E-state index is -4.17. The summed E-state index contributed by atoms with van der Waals surface area (Å²) >= 11 is 0. The molecule has 0 amide bonds. The number of nitrogens with one attached hydrogen (secondary N) is 2. The van der Waals surface area contributed by atoms with Gasteiger partial charge in [-0.05, 0) is 60.7 Å². The Labute approximate surface area is 217 Å². The third-order valence-electron chi connectivity index (χ3n) is 5.78. The fraction of sp³-hybridized carbons (Fsp3) is 0. The molecule has 0 aromatic heterocycles. The van der Waals surface area contributed by atoms with E-state index in [2.05, 4.69) is 9.44 Å². The minimum absolute atomic E-state index is 0.0747. The molecule has 0 unspecified atom stereocenters. The molecule has 1 aliphatic carbocycles. The number of carbonyl (C=O) groups is 2. The smallest absolute Gasteiger partial charge is 0.261 e. The second-order valence-corrected chi connectivity index (χ2v) is 11.7. The van der Waals surface area contributed by atoms with E-state index in [1.165, 1.54) is 60.7 Å². The first-order valence-corrected chi connectivity index (χ1v) is 13.9. The van der Waals surface area contributed by atoms with Crippen molar-refractivity contribution in [3.63, 3.8) is 0 Å². The summed E-state index contributed by atoms with van der Waals surface area (Å²) in [6, 6.07) is 17.8. The first kappa shape index (κ1) is 25.0. The van der Waals surface area contributed by atoms with Crippen molar-refractivity contribution >= 4 is 43.0 Å². The zero-order valence-corrected chi connectivity index (χ0v) is 20.9. The molecule has 0 heterocycles. The summed E-state index contributed by atoms with van der Waals surface area (Å²) in [7, 11) is -8.34. The molecule has 5 rings (SSSR count). The largest absolute Gasteiger partial charge is 0.508 e. The lowest BCUT2D eigenvalue weighted by Gasteiger charge is -2.19. The van der Waals surface area contributed by atoms with E-state index in [0.29, 0.717) is 0 Å². The van der Waals surface area contributed by atoms with Gasteiger partial charge in [0.1, 0.15) is 11.5 Å². The number of hydrogen-bond donors (Lipinski definition) is 4. The number of fused-ring (bicyclic) bond motifs is 2. The number of phenols is 2. The Morgan fingerprint density at radius 2 is 0.895 bits per heavy atom. The zero-order valence-electron chi connectivity index (χ0n) is 19.2. The van der Waals surface area contributed by atoms with Crippen LogP contribution >= 0.6 is 0 Å². The van der Waals surface area contributed by atoms with Crippen molar-refractivity contribution in [1.82, 2.24) is 0 Å². The fourth-order valence-electron chi connectivity index (χ4n) is 4.01. The molecule has 12 heteroatoms. The zero-order chi connectivity index (χ0) is 27.2. The van der Waals surface area contributed by atoms with Gasteiger partial charge in [0, 0.05) is 34.4 Å².